The number of piperidine rings is 3. The Kier molecular flexibility index (Phi) is 19.7. The number of carbonyl (C=O) groups excluding carboxylic acids is 3. The van der Waals surface area contributed by atoms with Gasteiger partial charge in [-0.05, 0) is 203 Å². The van der Waals surface area contributed by atoms with Crippen molar-refractivity contribution in [1.29, 1.82) is 0 Å². The van der Waals surface area contributed by atoms with Crippen LogP contribution < -0.4 is 36.6 Å². The average molecular weight is 1020 g/mol. The minimum atomic E-state index is -4.40. The molecule has 6 N–H and O–H groups in total. The van der Waals surface area contributed by atoms with E-state index >= 15 is 0 Å². The first-order chi connectivity index (χ1) is 34.8. The molecule has 3 fully saturated rings. The highest BCUT2D eigenvalue weighted by Crippen LogP contribution is 2.31. The van der Waals surface area contributed by atoms with Gasteiger partial charge in [0.1, 0.15) is 5.75 Å². The average Bonchev–Trinajstić information content (AvgIpc) is 3.41. The van der Waals surface area contributed by atoms with E-state index in [1.807, 2.05) is 67.6 Å². The van der Waals surface area contributed by atoms with Crippen LogP contribution in [0.25, 0.3) is 0 Å². The van der Waals surface area contributed by atoms with Crippen LogP contribution in [0.3, 0.4) is 0 Å². The number of hydrogen-bond donors (Lipinski definition) is 6. The molecule has 15 heteroatoms. The first-order valence-electron chi connectivity index (χ1n) is 24.5. The van der Waals surface area contributed by atoms with Gasteiger partial charge in [0.25, 0.3) is 17.7 Å². The number of nitrogens with one attached hydrogen (secondary N) is 6. The highest BCUT2D eigenvalue weighted by Gasteiger charge is 2.30. The van der Waals surface area contributed by atoms with Crippen LogP contribution in [-0.4, -0.2) is 63.6 Å². The molecule has 3 amide bonds. The molecule has 3 unspecified atom stereocenters. The van der Waals surface area contributed by atoms with Crippen LogP contribution >= 0.6 is 23.2 Å². The topological polar surface area (TPSA) is 133 Å². The maximum atomic E-state index is 12.6. The number of benzene rings is 6. The molecular weight excluding hydrogens is 961 g/mol. The van der Waals surface area contributed by atoms with Crippen LogP contribution in [0.15, 0.2) is 140 Å². The lowest BCUT2D eigenvalue weighted by Crippen LogP contribution is -2.28. The Hall–Kier alpha value is -6.22. The summed E-state index contributed by atoms with van der Waals surface area (Å²) in [6, 6.07) is 40.1. The summed E-state index contributed by atoms with van der Waals surface area (Å²) in [4.78, 5) is 36.7. The van der Waals surface area contributed by atoms with Gasteiger partial charge in [-0.1, -0.05) is 59.6 Å². The van der Waals surface area contributed by atoms with Crippen molar-refractivity contribution in [2.75, 3.05) is 61.8 Å². The molecule has 3 atom stereocenters. The molecule has 6 aromatic rings. The third kappa shape index (κ3) is 15.9. The van der Waals surface area contributed by atoms with Gasteiger partial charge in [0.05, 0.1) is 22.2 Å². The molecule has 0 spiro atoms. The van der Waals surface area contributed by atoms with Crippen molar-refractivity contribution in [2.45, 2.75) is 69.4 Å². The summed E-state index contributed by atoms with van der Waals surface area (Å²) >= 11 is 11.8. The first-order valence-corrected chi connectivity index (χ1v) is 25.3. The number of alkyl halides is 3. The van der Waals surface area contributed by atoms with E-state index < -0.39 is 17.6 Å². The second-order valence-corrected chi connectivity index (χ2v) is 18.8. The molecule has 9 rings (SSSR count). The molecule has 6 aromatic carbocycles. The van der Waals surface area contributed by atoms with E-state index in [4.69, 9.17) is 27.9 Å². The van der Waals surface area contributed by atoms with E-state index in [-0.39, 0.29) is 17.4 Å². The second-order valence-electron chi connectivity index (χ2n) is 18.0. The number of carbonyl (C=O) groups is 3. The molecule has 0 aliphatic carbocycles. The number of anilines is 3. The third-order valence-corrected chi connectivity index (χ3v) is 13.6. The summed E-state index contributed by atoms with van der Waals surface area (Å²) in [5.74, 6) is 1.66. The van der Waals surface area contributed by atoms with Gasteiger partial charge < -0.3 is 36.6 Å². The van der Waals surface area contributed by atoms with Crippen molar-refractivity contribution in [1.82, 2.24) is 16.0 Å². The largest absolute Gasteiger partial charge is 0.494 e. The molecule has 3 aliphatic heterocycles. The Morgan fingerprint density at radius 3 is 1.21 bits per heavy atom. The molecule has 3 saturated heterocycles. The maximum absolute atomic E-state index is 12.6. The van der Waals surface area contributed by atoms with Gasteiger partial charge in [-0.25, -0.2) is 0 Å². The van der Waals surface area contributed by atoms with Crippen molar-refractivity contribution in [2.24, 2.45) is 0 Å². The summed E-state index contributed by atoms with van der Waals surface area (Å²) < 4.78 is 43.1. The molecule has 72 heavy (non-hydrogen) atoms. The van der Waals surface area contributed by atoms with Crippen LogP contribution in [0, 0.1) is 0 Å². The van der Waals surface area contributed by atoms with Crippen molar-refractivity contribution in [3.05, 3.63) is 189 Å². The summed E-state index contributed by atoms with van der Waals surface area (Å²) in [5.41, 5.74) is 6.61. The molecule has 0 radical (unpaired) electrons. The van der Waals surface area contributed by atoms with E-state index in [9.17, 15) is 27.6 Å². The zero-order valence-corrected chi connectivity index (χ0v) is 41.7. The van der Waals surface area contributed by atoms with Crippen molar-refractivity contribution in [3.8, 4) is 5.75 Å². The van der Waals surface area contributed by atoms with Gasteiger partial charge in [0.15, 0.2) is 0 Å². The lowest BCUT2D eigenvalue weighted by atomic mass is 9.91. The Balaban J connectivity index is 0.000000159. The standard InChI is InChI=1S/C20H24N2O2.C19H19F3N2O.C18H18Cl2N2O/c1-2-24-19-11-7-16(8-12-19)20(23)22-18-9-5-15(6-10-18)17-4-3-13-21-14-17;20-19(21,22)16-7-3-14(4-8-16)18(25)24-17-9-5-13(6-10-17)15-2-1-11-23-12-15;19-16-8-5-13(10-17(16)20)18(23)22-15-6-3-12(4-7-15)14-2-1-9-21-11-14/h5-12,17,21H,2-4,13-14H2,1H3,(H,22,23);3-10,15,23H,1-2,11-12H2,(H,24,25);3-8,10,14,21H,1-2,9,11H2,(H,22,23). The maximum Gasteiger partial charge on any atom is 0.416 e. The summed E-state index contributed by atoms with van der Waals surface area (Å²) in [5, 5.41) is 19.6. The Morgan fingerprint density at radius 1 is 0.514 bits per heavy atom. The van der Waals surface area contributed by atoms with Crippen LogP contribution in [0.4, 0.5) is 30.2 Å². The zero-order chi connectivity index (χ0) is 50.9. The monoisotopic (exact) mass is 1020 g/mol. The second kappa shape index (κ2) is 26.5. The highest BCUT2D eigenvalue weighted by molar-refractivity contribution is 6.42. The zero-order valence-electron chi connectivity index (χ0n) is 40.2. The lowest BCUT2D eigenvalue weighted by molar-refractivity contribution is -0.137. The fraction of sp³-hybridized carbons (Fsp3) is 0.316. The third-order valence-electron chi connectivity index (χ3n) is 12.9. The molecule has 3 aliphatic rings. The fourth-order valence-corrected chi connectivity index (χ4v) is 9.15. The molecule has 0 aromatic heterocycles. The predicted octanol–water partition coefficient (Wildman–Crippen LogP) is 12.9. The smallest absolute Gasteiger partial charge is 0.416 e. The quantitative estimate of drug-likeness (QED) is 0.0762. The fourth-order valence-electron chi connectivity index (χ4n) is 8.85. The molecule has 3 heterocycles. The van der Waals surface area contributed by atoms with E-state index in [0.29, 0.717) is 51.2 Å². The Bertz CT molecular complexity index is 2670. The van der Waals surface area contributed by atoms with Crippen LogP contribution in [0.2, 0.25) is 10.0 Å². The summed E-state index contributed by atoms with van der Waals surface area (Å²) in [6.07, 6.45) is 2.76. The van der Waals surface area contributed by atoms with Crippen molar-refractivity contribution >= 4 is 58.0 Å². The molecule has 10 nitrogen and oxygen atoms in total. The minimum absolute atomic E-state index is 0.106. The number of hydrogen-bond acceptors (Lipinski definition) is 7. The van der Waals surface area contributed by atoms with Crippen LogP contribution in [0.1, 0.15) is 117 Å². The predicted molar refractivity (Wildman–Crippen MR) is 283 cm³/mol. The number of rotatable bonds is 11. The highest BCUT2D eigenvalue weighted by atomic mass is 35.5. The summed E-state index contributed by atoms with van der Waals surface area (Å²) in [6.45, 7) is 8.85. The minimum Gasteiger partial charge on any atom is -0.494 e. The van der Waals surface area contributed by atoms with E-state index in [1.165, 1.54) is 54.5 Å². The Morgan fingerprint density at radius 2 is 0.875 bits per heavy atom. The summed E-state index contributed by atoms with van der Waals surface area (Å²) in [7, 11) is 0. The van der Waals surface area contributed by atoms with Gasteiger partial charge in [0, 0.05) is 53.4 Å². The van der Waals surface area contributed by atoms with Gasteiger partial charge >= 0.3 is 6.18 Å². The molecule has 0 bridgehead atoms. The lowest BCUT2D eigenvalue weighted by Gasteiger charge is -2.23. The van der Waals surface area contributed by atoms with Crippen LogP contribution in [0.5, 0.6) is 5.75 Å². The van der Waals surface area contributed by atoms with E-state index in [0.717, 1.165) is 81.4 Å². The van der Waals surface area contributed by atoms with Gasteiger partial charge in [-0.2, -0.15) is 13.2 Å². The van der Waals surface area contributed by atoms with Crippen molar-refractivity contribution in [3.63, 3.8) is 0 Å². The van der Waals surface area contributed by atoms with E-state index in [1.54, 1.807) is 30.3 Å². The normalized spacial score (nSPS) is 17.7. The first kappa shape index (κ1) is 53.6. The van der Waals surface area contributed by atoms with Gasteiger partial charge in [0.2, 0.25) is 0 Å². The number of ether oxygens (including phenoxy) is 1. The Labute approximate surface area is 429 Å². The molecule has 0 saturated carbocycles. The van der Waals surface area contributed by atoms with Gasteiger partial charge in [-0.15, -0.1) is 0 Å². The number of amides is 3. The van der Waals surface area contributed by atoms with Gasteiger partial charge in [-0.3, -0.25) is 14.4 Å². The number of halogens is 5. The van der Waals surface area contributed by atoms with Crippen molar-refractivity contribution < 1.29 is 32.3 Å². The molecule has 378 valence electrons. The molecular formula is C57H61Cl2F3N6O4. The van der Waals surface area contributed by atoms with Crippen LogP contribution in [-0.2, 0) is 6.18 Å². The SMILES string of the molecule is CCOc1ccc(C(=O)Nc2ccc(C3CCCNC3)cc2)cc1.O=C(Nc1ccc(C2CCCNC2)cc1)c1ccc(C(F)(F)F)cc1.O=C(Nc1ccc(C2CCCNC2)cc1)c1ccc(Cl)c(Cl)c1. The van der Waals surface area contributed by atoms with E-state index in [2.05, 4.69) is 56.2 Å².